The standard InChI is InChI=1S/C8H12O5/c1-5(9)3-8(12)13-6(2)4-7(10)11/h6H,3-4H2,1-2H3,(H,10,11)/t6-/m0/s1. The van der Waals surface area contributed by atoms with E-state index in [-0.39, 0.29) is 18.6 Å². The van der Waals surface area contributed by atoms with Crippen LogP contribution in [0.15, 0.2) is 0 Å². The van der Waals surface area contributed by atoms with Crippen molar-refractivity contribution in [1.82, 2.24) is 0 Å². The van der Waals surface area contributed by atoms with Gasteiger partial charge in [0, 0.05) is 0 Å². The van der Waals surface area contributed by atoms with E-state index in [2.05, 4.69) is 4.74 Å². The molecule has 1 atom stereocenters. The molecule has 0 unspecified atom stereocenters. The minimum atomic E-state index is -1.04. The fraction of sp³-hybridized carbons (Fsp3) is 0.625. The molecule has 0 aromatic rings. The largest absolute Gasteiger partial charge is 0.481 e. The maximum Gasteiger partial charge on any atom is 0.313 e. The molecule has 0 rings (SSSR count). The van der Waals surface area contributed by atoms with Crippen molar-refractivity contribution in [3.8, 4) is 0 Å². The van der Waals surface area contributed by atoms with Crippen molar-refractivity contribution in [3.63, 3.8) is 0 Å². The number of aliphatic carboxylic acids is 1. The van der Waals surface area contributed by atoms with Crippen molar-refractivity contribution in [2.45, 2.75) is 32.8 Å². The third-order valence-electron chi connectivity index (χ3n) is 1.19. The van der Waals surface area contributed by atoms with Crippen molar-refractivity contribution in [2.75, 3.05) is 0 Å². The van der Waals surface area contributed by atoms with E-state index in [4.69, 9.17) is 5.11 Å². The fourth-order valence-corrected chi connectivity index (χ4v) is 0.757. The molecule has 5 nitrogen and oxygen atoms in total. The van der Waals surface area contributed by atoms with Crippen LogP contribution in [0.1, 0.15) is 26.7 Å². The SMILES string of the molecule is CC(=O)CC(=O)O[C@@H](C)CC(=O)O. The van der Waals surface area contributed by atoms with Gasteiger partial charge in [0.2, 0.25) is 0 Å². The second kappa shape index (κ2) is 5.29. The first kappa shape index (κ1) is 11.6. The van der Waals surface area contributed by atoms with Gasteiger partial charge in [0.1, 0.15) is 18.3 Å². The highest BCUT2D eigenvalue weighted by Crippen LogP contribution is 1.99. The highest BCUT2D eigenvalue weighted by Gasteiger charge is 2.13. The zero-order valence-corrected chi connectivity index (χ0v) is 7.57. The normalized spacial score (nSPS) is 11.8. The Morgan fingerprint density at radius 1 is 1.38 bits per heavy atom. The molecule has 0 bridgehead atoms. The minimum Gasteiger partial charge on any atom is -0.481 e. The van der Waals surface area contributed by atoms with Crippen LogP contribution < -0.4 is 0 Å². The predicted molar refractivity (Wildman–Crippen MR) is 43.1 cm³/mol. The van der Waals surface area contributed by atoms with Gasteiger partial charge in [-0.15, -0.1) is 0 Å². The highest BCUT2D eigenvalue weighted by molar-refractivity contribution is 5.94. The quantitative estimate of drug-likeness (QED) is 0.498. The number of carbonyl (C=O) groups is 3. The van der Waals surface area contributed by atoms with Gasteiger partial charge in [0.25, 0.3) is 0 Å². The Morgan fingerprint density at radius 3 is 2.31 bits per heavy atom. The van der Waals surface area contributed by atoms with Gasteiger partial charge in [0.15, 0.2) is 0 Å². The van der Waals surface area contributed by atoms with E-state index in [1.54, 1.807) is 0 Å². The van der Waals surface area contributed by atoms with E-state index in [0.717, 1.165) is 0 Å². The topological polar surface area (TPSA) is 80.7 Å². The summed E-state index contributed by atoms with van der Waals surface area (Å²) in [5.74, 6) is -2.02. The van der Waals surface area contributed by atoms with Gasteiger partial charge in [-0.05, 0) is 13.8 Å². The first-order valence-electron chi connectivity index (χ1n) is 3.82. The van der Waals surface area contributed by atoms with E-state index in [1.165, 1.54) is 13.8 Å². The summed E-state index contributed by atoms with van der Waals surface area (Å²) in [5.41, 5.74) is 0. The van der Waals surface area contributed by atoms with Gasteiger partial charge >= 0.3 is 11.9 Å². The number of hydrogen-bond acceptors (Lipinski definition) is 4. The molecule has 0 aliphatic carbocycles. The van der Waals surface area contributed by atoms with Crippen molar-refractivity contribution in [3.05, 3.63) is 0 Å². The zero-order valence-electron chi connectivity index (χ0n) is 7.57. The molecule has 0 spiro atoms. The molecule has 0 saturated carbocycles. The number of hydrogen-bond donors (Lipinski definition) is 1. The molecule has 0 aliphatic rings. The molecule has 0 aromatic carbocycles. The van der Waals surface area contributed by atoms with E-state index < -0.39 is 18.0 Å². The van der Waals surface area contributed by atoms with E-state index in [0.29, 0.717) is 0 Å². The van der Waals surface area contributed by atoms with Crippen molar-refractivity contribution in [1.29, 1.82) is 0 Å². The summed E-state index contributed by atoms with van der Waals surface area (Å²) >= 11 is 0. The Hall–Kier alpha value is -1.39. The molecule has 0 radical (unpaired) electrons. The van der Waals surface area contributed by atoms with Crippen LogP contribution in [-0.2, 0) is 19.1 Å². The average Bonchev–Trinajstić information content (AvgIpc) is 1.80. The molecule has 0 aromatic heterocycles. The summed E-state index contributed by atoms with van der Waals surface area (Å²) in [6.45, 7) is 2.73. The number of esters is 1. The summed E-state index contributed by atoms with van der Waals surface area (Å²) < 4.78 is 4.63. The number of carboxylic acids is 1. The first-order chi connectivity index (χ1) is 5.91. The van der Waals surface area contributed by atoms with E-state index in [9.17, 15) is 14.4 Å². The summed E-state index contributed by atoms with van der Waals surface area (Å²) in [5, 5.41) is 8.32. The Balaban J connectivity index is 3.78. The number of ketones is 1. The number of carbonyl (C=O) groups excluding carboxylic acids is 2. The molecule has 0 heterocycles. The lowest BCUT2D eigenvalue weighted by molar-refractivity contribution is -0.152. The predicted octanol–water partition coefficient (Wildman–Crippen LogP) is 0.372. The Bertz CT molecular complexity index is 221. The number of rotatable bonds is 5. The smallest absolute Gasteiger partial charge is 0.313 e. The lowest BCUT2D eigenvalue weighted by atomic mass is 10.3. The Morgan fingerprint density at radius 2 is 1.92 bits per heavy atom. The molecule has 74 valence electrons. The lowest BCUT2D eigenvalue weighted by Gasteiger charge is -2.09. The third-order valence-corrected chi connectivity index (χ3v) is 1.19. The monoisotopic (exact) mass is 188 g/mol. The molecule has 0 saturated heterocycles. The summed E-state index contributed by atoms with van der Waals surface area (Å²) in [6.07, 6.45) is -1.24. The van der Waals surface area contributed by atoms with Crippen LogP contribution in [0.3, 0.4) is 0 Å². The highest BCUT2D eigenvalue weighted by atomic mass is 16.5. The molecule has 13 heavy (non-hydrogen) atoms. The summed E-state index contributed by atoms with van der Waals surface area (Å²) in [7, 11) is 0. The lowest BCUT2D eigenvalue weighted by Crippen LogP contribution is -2.19. The average molecular weight is 188 g/mol. The van der Waals surface area contributed by atoms with Gasteiger partial charge in [-0.3, -0.25) is 14.4 Å². The maximum atomic E-state index is 10.8. The third kappa shape index (κ3) is 6.99. The Kier molecular flexibility index (Phi) is 4.72. The molecule has 5 heteroatoms. The molecular formula is C8H12O5. The molecular weight excluding hydrogens is 176 g/mol. The zero-order chi connectivity index (χ0) is 10.4. The Labute approximate surface area is 75.7 Å². The van der Waals surface area contributed by atoms with E-state index >= 15 is 0 Å². The van der Waals surface area contributed by atoms with Crippen LogP contribution in [0.25, 0.3) is 0 Å². The van der Waals surface area contributed by atoms with Crippen molar-refractivity contribution in [2.24, 2.45) is 0 Å². The van der Waals surface area contributed by atoms with E-state index in [1.807, 2.05) is 0 Å². The number of ether oxygens (including phenoxy) is 1. The number of Topliss-reactive ketones (excluding diaryl/α,β-unsaturated/α-hetero) is 1. The first-order valence-corrected chi connectivity index (χ1v) is 3.82. The van der Waals surface area contributed by atoms with Gasteiger partial charge in [-0.2, -0.15) is 0 Å². The molecule has 0 amide bonds. The summed E-state index contributed by atoms with van der Waals surface area (Å²) in [4.78, 5) is 31.4. The fourth-order valence-electron chi connectivity index (χ4n) is 0.757. The summed E-state index contributed by atoms with van der Waals surface area (Å²) in [6, 6.07) is 0. The van der Waals surface area contributed by atoms with Crippen LogP contribution in [0.2, 0.25) is 0 Å². The second-order valence-corrected chi connectivity index (χ2v) is 2.78. The van der Waals surface area contributed by atoms with Crippen molar-refractivity contribution >= 4 is 17.7 Å². The van der Waals surface area contributed by atoms with Gasteiger partial charge in [-0.1, -0.05) is 0 Å². The van der Waals surface area contributed by atoms with Crippen LogP contribution in [0.5, 0.6) is 0 Å². The molecule has 0 aliphatic heterocycles. The van der Waals surface area contributed by atoms with Crippen LogP contribution in [0, 0.1) is 0 Å². The second-order valence-electron chi connectivity index (χ2n) is 2.78. The van der Waals surface area contributed by atoms with Crippen molar-refractivity contribution < 1.29 is 24.2 Å². The van der Waals surface area contributed by atoms with Crippen LogP contribution in [0.4, 0.5) is 0 Å². The van der Waals surface area contributed by atoms with Crippen LogP contribution >= 0.6 is 0 Å². The minimum absolute atomic E-state index is 0.246. The van der Waals surface area contributed by atoms with Gasteiger partial charge < -0.3 is 9.84 Å². The van der Waals surface area contributed by atoms with Gasteiger partial charge in [-0.25, -0.2) is 0 Å². The molecule has 1 N–H and O–H groups in total. The molecule has 0 fully saturated rings. The number of carboxylic acid groups (broad SMARTS) is 1. The van der Waals surface area contributed by atoms with Crippen LogP contribution in [-0.4, -0.2) is 28.9 Å². The van der Waals surface area contributed by atoms with Gasteiger partial charge in [0.05, 0.1) is 6.42 Å². The maximum absolute atomic E-state index is 10.8.